The fraction of sp³-hybridized carbons (Fsp3) is 0.694. The standard InChI is InChI=1S/C36H54N4O46S9.9Na/c1-36(2,3)77-35(45)39-13-18-21(80-89(52,53)54)23(82-91(58,59)60)26(85-94(67,68)69)29(75-18)32(42)37-11-16-19(78-87(46,47)48)22(81-90(55,56)57)25(84-93(64,65)66)28(74-16)31(41)38-12-17-20(79-88(49,50)51)24(83-92(61,62)63)27(86-95(70,71)72)30(76-17)33(43)40-15(34(44)73-4)10-14-8-6-5-7-9-14;;;;;;;;;/h5-9,15-30H,10-13H2,1-4H3,(H,37,42)(H,38,41)(H,39,45)(H,40,43)(H,46,47,48)(H,49,50,51)(H,52,53,54)(H,55,56,57)(H,58,59,60)(H,61,62,63)(H,64,65,66)(H,67,68,69)(H,70,71,72);;;;;;;;;/q;9*+1/p-9/t15?,16-,17-,18-,19-,20-,21-,22+,23+,24+,25-,26-,27-,28?,29?,30-;;;;;;;;;/m1........./s1. The summed E-state index contributed by atoms with van der Waals surface area (Å²) in [7, 11) is -58.3. The van der Waals surface area contributed by atoms with Gasteiger partial charge >= 0.3 is 278 Å². The van der Waals surface area contributed by atoms with Gasteiger partial charge in [-0.2, -0.15) is 0 Å². The molecule has 548 valence electrons. The first kappa shape index (κ1) is 119. The fourth-order valence-electron chi connectivity index (χ4n) is 8.63. The Hall–Kier alpha value is 4.08. The minimum atomic E-state index is -6.72. The molecule has 1 aromatic carbocycles. The molecule has 0 bridgehead atoms. The molecule has 0 aliphatic carbocycles. The average molecular weight is 1770 g/mol. The fourth-order valence-corrected chi connectivity index (χ4v) is 13.1. The largest absolute Gasteiger partial charge is 1.00 e. The number of amides is 4. The normalized spacial score (nSPS) is 25.6. The van der Waals surface area contributed by atoms with E-state index in [1.54, 1.807) is 5.32 Å². The monoisotopic (exact) mass is 1760 g/mol. The van der Waals surface area contributed by atoms with Crippen LogP contribution >= 0.6 is 0 Å². The van der Waals surface area contributed by atoms with Gasteiger partial charge in [0.15, 0.2) is 18.3 Å². The molecule has 1 aromatic rings. The quantitative estimate of drug-likeness (QED) is 0.0232. The molecule has 3 fully saturated rings. The van der Waals surface area contributed by atoms with Gasteiger partial charge in [-0.25, -0.2) is 85.3 Å². The van der Waals surface area contributed by atoms with Gasteiger partial charge in [0.1, 0.15) is 84.9 Å². The molecule has 3 heterocycles. The van der Waals surface area contributed by atoms with Gasteiger partial charge in [-0.15, -0.1) is 0 Å². The summed E-state index contributed by atoms with van der Waals surface area (Å²) < 4.78 is 390. The summed E-state index contributed by atoms with van der Waals surface area (Å²) >= 11 is 0. The molecule has 50 nitrogen and oxygen atoms in total. The van der Waals surface area contributed by atoms with Crippen molar-refractivity contribution in [1.82, 2.24) is 21.3 Å². The van der Waals surface area contributed by atoms with Gasteiger partial charge < -0.3 is 85.9 Å². The molecule has 3 unspecified atom stereocenters. The van der Waals surface area contributed by atoms with Crippen LogP contribution in [0.1, 0.15) is 26.3 Å². The first-order valence-corrected chi connectivity index (χ1v) is 36.5. The third kappa shape index (κ3) is 44.0. The van der Waals surface area contributed by atoms with Crippen molar-refractivity contribution in [3.63, 3.8) is 0 Å². The van der Waals surface area contributed by atoms with E-state index in [1.807, 2.05) is 5.32 Å². The van der Waals surface area contributed by atoms with Gasteiger partial charge in [0.05, 0.1) is 7.11 Å². The van der Waals surface area contributed by atoms with E-state index in [0.717, 1.165) is 7.11 Å². The van der Waals surface area contributed by atoms with Crippen molar-refractivity contribution in [3.05, 3.63) is 35.9 Å². The van der Waals surface area contributed by atoms with Crippen molar-refractivity contribution in [2.75, 3.05) is 26.7 Å². The van der Waals surface area contributed by atoms with Crippen LogP contribution < -0.4 is 287 Å². The summed E-state index contributed by atoms with van der Waals surface area (Å²) in [6.45, 7) is -1.72. The van der Waals surface area contributed by atoms with Crippen LogP contribution in [0.25, 0.3) is 0 Å². The van der Waals surface area contributed by atoms with Crippen molar-refractivity contribution < 1.29 is 468 Å². The van der Waals surface area contributed by atoms with Crippen LogP contribution in [0, 0.1) is 0 Å². The second-order valence-electron chi connectivity index (χ2n) is 19.7. The Morgan fingerprint density at radius 3 is 0.875 bits per heavy atom. The van der Waals surface area contributed by atoms with Crippen LogP contribution in [0.15, 0.2) is 30.3 Å². The Balaban J connectivity index is -0.00000267. The molecule has 104 heavy (non-hydrogen) atoms. The molecule has 3 aliphatic heterocycles. The zero-order valence-corrected chi connectivity index (χ0v) is 81.3. The van der Waals surface area contributed by atoms with Crippen molar-refractivity contribution in [3.8, 4) is 0 Å². The van der Waals surface area contributed by atoms with E-state index < -0.39 is 253 Å². The number of nitrogens with one attached hydrogen (secondary N) is 4. The molecule has 0 saturated carbocycles. The van der Waals surface area contributed by atoms with Gasteiger partial charge in [-0.05, 0) is 26.3 Å². The number of hydrogen-bond donors (Lipinski definition) is 4. The molecule has 4 rings (SSSR count). The molecule has 3 saturated heterocycles. The summed E-state index contributed by atoms with van der Waals surface area (Å²) in [4.78, 5) is 68.2. The number of alkyl carbamates (subject to hydrolysis) is 1. The molecule has 0 aromatic heterocycles. The van der Waals surface area contributed by atoms with Crippen LogP contribution in [-0.4, -0.2) is 276 Å². The van der Waals surface area contributed by atoms with E-state index in [4.69, 9.17) is 18.9 Å². The van der Waals surface area contributed by atoms with Crippen LogP contribution in [0.3, 0.4) is 0 Å². The van der Waals surface area contributed by atoms with Crippen molar-refractivity contribution in [2.45, 2.75) is 130 Å². The predicted octanol–water partition coefficient (Wildman–Crippen LogP) is -38.4. The van der Waals surface area contributed by atoms with Crippen molar-refractivity contribution in [1.29, 1.82) is 0 Å². The Bertz CT molecular complexity index is 4070. The maximum absolute atomic E-state index is 14.4. The smallest absolute Gasteiger partial charge is 0.726 e. The zero-order chi connectivity index (χ0) is 72.8. The number of carbonyl (C=O) groups excluding carboxylic acids is 5. The average Bonchev–Trinajstić information content (AvgIpc) is 0.776. The summed E-state index contributed by atoms with van der Waals surface area (Å²) in [6.07, 6.45) is -52.4. The van der Waals surface area contributed by atoms with Crippen molar-refractivity contribution in [2.24, 2.45) is 0 Å². The number of esters is 1. The minimum Gasteiger partial charge on any atom is -0.726 e. The topological polar surface area (TPSA) is 777 Å². The van der Waals surface area contributed by atoms with E-state index >= 15 is 0 Å². The minimum absolute atomic E-state index is 0. The number of carbonyl (C=O) groups is 5. The Labute approximate surface area is 792 Å². The zero-order valence-electron chi connectivity index (χ0n) is 55.9. The van der Waals surface area contributed by atoms with Crippen molar-refractivity contribution >= 4 is 123 Å². The number of ether oxygens (including phenoxy) is 5. The summed E-state index contributed by atoms with van der Waals surface area (Å²) in [5, 5.41) is 6.63. The Kier molecular flexibility index (Phi) is 55.8. The number of benzene rings is 1. The Morgan fingerprint density at radius 2 is 0.625 bits per heavy atom. The van der Waals surface area contributed by atoms with E-state index in [2.05, 4.69) is 42.4 Å². The van der Waals surface area contributed by atoms with E-state index in [-0.39, 0.29) is 272 Å². The number of rotatable bonds is 31. The van der Waals surface area contributed by atoms with Crippen LogP contribution in [-0.2, 0) is 181 Å². The molecule has 4 N–H and O–H groups in total. The van der Waals surface area contributed by atoms with E-state index in [9.17, 15) is 141 Å². The molecule has 68 heteroatoms. The first-order valence-electron chi connectivity index (χ1n) is 24.5. The van der Waals surface area contributed by atoms with Gasteiger partial charge in [0.2, 0.25) is 93.6 Å². The summed E-state index contributed by atoms with van der Waals surface area (Å²) in [5.74, 6) is -8.10. The molecular formula is C36H45N4Na9O46S9. The van der Waals surface area contributed by atoms with Gasteiger partial charge in [-0.1, -0.05) is 30.3 Å². The van der Waals surface area contributed by atoms with E-state index in [1.165, 1.54) is 61.7 Å². The molecule has 16 atom stereocenters. The maximum atomic E-state index is 14.4. The summed E-state index contributed by atoms with van der Waals surface area (Å²) in [5.41, 5.74) is -1.25. The SMILES string of the molecule is COC(=O)C(Cc1ccccc1)NC(=O)[C@@H]1O[C@H](CNC(=O)C2O[C@H](CNC(=O)C3O[C@H](CNC(=O)OC(C)(C)C)[C@@H](OS(=O)(=O)[O-])[C@H](OS(=O)(=O)[O-])[C@H]3OS(=O)(=O)[O-])[C@@H](OS(=O)(=O)[O-])[C@H](OS(=O)(=O)[O-])[C@H]2OS(=O)(=O)[O-])[C@@H](OS(=O)(=O)[O-])[C@H](OS(=O)(=O)[O-])[C@H]1OS(=O)(=O)[O-].[Na+].[Na+].[Na+].[Na+].[Na+].[Na+].[Na+].[Na+].[Na+]. The molecule has 0 radical (unpaired) electrons. The molecular weight excluding hydrogens is 1720 g/mol. The number of methoxy groups -OCH3 is 1. The third-order valence-corrected chi connectivity index (χ3v) is 15.7. The molecule has 4 amide bonds. The first-order chi connectivity index (χ1) is 42.8. The Morgan fingerprint density at radius 1 is 0.385 bits per heavy atom. The van der Waals surface area contributed by atoms with Crippen LogP contribution in [0.5, 0.6) is 0 Å². The van der Waals surface area contributed by atoms with Gasteiger partial charge in [-0.3, -0.25) is 52.0 Å². The number of hydrogen-bond acceptors (Lipinski definition) is 46. The summed E-state index contributed by atoms with van der Waals surface area (Å²) in [6, 6.07) is 4.89. The van der Waals surface area contributed by atoms with Crippen LogP contribution in [0.4, 0.5) is 4.79 Å². The predicted molar refractivity (Wildman–Crippen MR) is 271 cm³/mol. The van der Waals surface area contributed by atoms with Gasteiger partial charge in [0, 0.05) is 26.1 Å². The second kappa shape index (κ2) is 48.8. The van der Waals surface area contributed by atoms with E-state index in [0.29, 0.717) is 0 Å². The molecule has 3 aliphatic rings. The van der Waals surface area contributed by atoms with Crippen LogP contribution in [0.2, 0.25) is 0 Å². The molecule has 0 spiro atoms. The van der Waals surface area contributed by atoms with Gasteiger partial charge in [0.25, 0.3) is 17.7 Å². The maximum Gasteiger partial charge on any atom is 1.00 e. The second-order valence-corrected chi connectivity index (χ2v) is 28.7. The third-order valence-electron chi connectivity index (χ3n) is 11.6.